The van der Waals surface area contributed by atoms with Gasteiger partial charge < -0.3 is 9.47 Å². The van der Waals surface area contributed by atoms with Crippen LogP contribution in [0.1, 0.15) is 19.4 Å². The number of nitrogens with zero attached hydrogens (tertiary/aromatic N) is 1. The number of allylic oxidation sites excluding steroid dienone is 2. The van der Waals surface area contributed by atoms with Crippen molar-refractivity contribution in [3.8, 4) is 11.8 Å². The van der Waals surface area contributed by atoms with Crippen molar-refractivity contribution in [2.24, 2.45) is 17.3 Å². The number of halogens is 5. The standard InChI is InChI=1S/C17H14F5NO3/c1-17(2)9(4-7(18)5-23)10(17)16(24)26-6-8-11(19)13(21)15(25-3)14(22)12(8)20/h4,9-10H,6H2,1-3H3/b7-4+. The molecule has 0 heterocycles. The minimum atomic E-state index is -1.75. The summed E-state index contributed by atoms with van der Waals surface area (Å²) in [6, 6.07) is 1.28. The van der Waals surface area contributed by atoms with Crippen LogP contribution in [0.15, 0.2) is 11.9 Å². The van der Waals surface area contributed by atoms with Gasteiger partial charge in [0.2, 0.25) is 11.6 Å². The first-order valence-corrected chi connectivity index (χ1v) is 7.40. The monoisotopic (exact) mass is 375 g/mol. The number of ether oxygens (including phenoxy) is 2. The van der Waals surface area contributed by atoms with E-state index in [0.717, 1.165) is 13.2 Å². The van der Waals surface area contributed by atoms with Gasteiger partial charge >= 0.3 is 5.97 Å². The number of carbonyl (C=O) groups is 1. The van der Waals surface area contributed by atoms with Crippen LogP contribution in [-0.4, -0.2) is 13.1 Å². The molecule has 0 aromatic heterocycles. The lowest BCUT2D eigenvalue weighted by molar-refractivity contribution is -0.147. The lowest BCUT2D eigenvalue weighted by Gasteiger charge is -2.11. The van der Waals surface area contributed by atoms with E-state index in [9.17, 15) is 26.7 Å². The molecule has 0 aliphatic heterocycles. The zero-order valence-corrected chi connectivity index (χ0v) is 14.0. The van der Waals surface area contributed by atoms with E-state index in [4.69, 9.17) is 10.00 Å². The molecule has 4 nitrogen and oxygen atoms in total. The number of nitriles is 1. The minimum Gasteiger partial charge on any atom is -0.491 e. The summed E-state index contributed by atoms with van der Waals surface area (Å²) in [6.45, 7) is 2.16. The first-order valence-electron chi connectivity index (χ1n) is 7.40. The molecule has 0 N–H and O–H groups in total. The molecule has 0 bridgehead atoms. The largest absolute Gasteiger partial charge is 0.491 e. The Bertz CT molecular complexity index is 800. The molecule has 1 aromatic carbocycles. The molecular weight excluding hydrogens is 361 g/mol. The zero-order chi connectivity index (χ0) is 19.8. The lowest BCUT2D eigenvalue weighted by atomic mass is 10.1. The van der Waals surface area contributed by atoms with Gasteiger partial charge in [-0.15, -0.1) is 0 Å². The molecule has 1 aliphatic carbocycles. The molecular formula is C17H14F5NO3. The van der Waals surface area contributed by atoms with E-state index in [2.05, 4.69) is 4.74 Å². The van der Waals surface area contributed by atoms with Gasteiger partial charge in [0.25, 0.3) is 0 Å². The maximum atomic E-state index is 13.9. The third-order valence-electron chi connectivity index (χ3n) is 4.47. The fourth-order valence-corrected chi connectivity index (χ4v) is 2.83. The molecule has 1 fully saturated rings. The number of esters is 1. The molecule has 1 aliphatic rings. The summed E-state index contributed by atoms with van der Waals surface area (Å²) in [4.78, 5) is 12.1. The van der Waals surface area contributed by atoms with E-state index in [1.807, 2.05) is 0 Å². The van der Waals surface area contributed by atoms with Gasteiger partial charge in [-0.2, -0.15) is 18.4 Å². The first kappa shape index (κ1) is 19.7. The molecule has 0 amide bonds. The highest BCUT2D eigenvalue weighted by atomic mass is 19.2. The van der Waals surface area contributed by atoms with Crippen LogP contribution in [0.3, 0.4) is 0 Å². The van der Waals surface area contributed by atoms with Gasteiger partial charge in [-0.3, -0.25) is 4.79 Å². The molecule has 140 valence electrons. The summed E-state index contributed by atoms with van der Waals surface area (Å²) in [7, 11) is 0.837. The third kappa shape index (κ3) is 3.23. The van der Waals surface area contributed by atoms with Crippen LogP contribution in [0.2, 0.25) is 0 Å². The summed E-state index contributed by atoms with van der Waals surface area (Å²) >= 11 is 0. The Morgan fingerprint density at radius 3 is 2.19 bits per heavy atom. The SMILES string of the molecule is COc1c(F)c(F)c(COC(=O)C2C(/C=C(/F)C#N)C2(C)C)c(F)c1F. The Labute approximate surface area is 145 Å². The smallest absolute Gasteiger partial charge is 0.310 e. The molecule has 0 saturated heterocycles. The molecule has 9 heteroatoms. The predicted molar refractivity (Wildman–Crippen MR) is 78.2 cm³/mol. The normalized spacial score (nSPS) is 21.1. The highest BCUT2D eigenvalue weighted by molar-refractivity contribution is 5.78. The summed E-state index contributed by atoms with van der Waals surface area (Å²) in [5.74, 6) is -11.7. The van der Waals surface area contributed by atoms with Crippen molar-refractivity contribution in [1.82, 2.24) is 0 Å². The maximum absolute atomic E-state index is 13.9. The summed E-state index contributed by atoms with van der Waals surface area (Å²) in [6.07, 6.45) is 0.958. The number of rotatable bonds is 5. The van der Waals surface area contributed by atoms with Crippen molar-refractivity contribution in [3.05, 3.63) is 40.7 Å². The highest BCUT2D eigenvalue weighted by Gasteiger charge is 2.61. The molecule has 2 rings (SSSR count). The van der Waals surface area contributed by atoms with Gasteiger partial charge in [0, 0.05) is 5.92 Å². The second-order valence-electron chi connectivity index (χ2n) is 6.33. The molecule has 26 heavy (non-hydrogen) atoms. The van der Waals surface area contributed by atoms with Crippen molar-refractivity contribution in [2.75, 3.05) is 7.11 Å². The fourth-order valence-electron chi connectivity index (χ4n) is 2.83. The highest BCUT2D eigenvalue weighted by Crippen LogP contribution is 2.60. The maximum Gasteiger partial charge on any atom is 0.310 e. The summed E-state index contributed by atoms with van der Waals surface area (Å²) < 4.78 is 77.1. The molecule has 2 unspecified atom stereocenters. The van der Waals surface area contributed by atoms with Crippen LogP contribution < -0.4 is 4.74 Å². The Morgan fingerprint density at radius 2 is 1.73 bits per heavy atom. The minimum absolute atomic E-state index is 0.645. The van der Waals surface area contributed by atoms with Crippen LogP contribution >= 0.6 is 0 Å². The van der Waals surface area contributed by atoms with Crippen molar-refractivity contribution >= 4 is 5.97 Å². The van der Waals surface area contributed by atoms with Crippen molar-refractivity contribution < 1.29 is 36.2 Å². The van der Waals surface area contributed by atoms with Gasteiger partial charge in [0.15, 0.2) is 23.2 Å². The van der Waals surface area contributed by atoms with Crippen LogP contribution in [0, 0.1) is 51.9 Å². The Kier molecular flexibility index (Phi) is 5.26. The average molecular weight is 375 g/mol. The first-order chi connectivity index (χ1) is 12.1. The Balaban J connectivity index is 2.18. The number of benzene rings is 1. The number of hydrogen-bond acceptors (Lipinski definition) is 4. The van der Waals surface area contributed by atoms with Gasteiger partial charge in [0.05, 0.1) is 18.6 Å². The van der Waals surface area contributed by atoms with Gasteiger partial charge in [-0.1, -0.05) is 13.8 Å². The Hall–Kier alpha value is -2.63. The van der Waals surface area contributed by atoms with Crippen molar-refractivity contribution in [2.45, 2.75) is 20.5 Å². The third-order valence-corrected chi connectivity index (χ3v) is 4.47. The quantitative estimate of drug-likeness (QED) is 0.339. The lowest BCUT2D eigenvalue weighted by Crippen LogP contribution is -2.14. The molecule has 0 radical (unpaired) electrons. The predicted octanol–water partition coefficient (Wildman–Crippen LogP) is 3.94. The average Bonchev–Trinajstić information content (AvgIpc) is 3.13. The molecule has 0 spiro atoms. The molecule has 1 saturated carbocycles. The van der Waals surface area contributed by atoms with E-state index in [1.54, 1.807) is 13.8 Å². The second-order valence-corrected chi connectivity index (χ2v) is 6.33. The second kappa shape index (κ2) is 6.94. The van der Waals surface area contributed by atoms with Crippen LogP contribution in [0.5, 0.6) is 5.75 Å². The molecule has 1 aromatic rings. The zero-order valence-electron chi connectivity index (χ0n) is 14.0. The van der Waals surface area contributed by atoms with E-state index >= 15 is 0 Å². The number of carbonyl (C=O) groups excluding carboxylic acids is 1. The van der Waals surface area contributed by atoms with E-state index < -0.39 is 70.2 Å². The van der Waals surface area contributed by atoms with Gasteiger partial charge in [0.1, 0.15) is 12.7 Å². The van der Waals surface area contributed by atoms with Gasteiger partial charge in [-0.25, -0.2) is 8.78 Å². The fraction of sp³-hybridized carbons (Fsp3) is 0.412. The molecule has 2 atom stereocenters. The van der Waals surface area contributed by atoms with Crippen LogP contribution in [0.25, 0.3) is 0 Å². The topological polar surface area (TPSA) is 59.3 Å². The Morgan fingerprint density at radius 1 is 1.19 bits per heavy atom. The van der Waals surface area contributed by atoms with E-state index in [1.165, 1.54) is 6.07 Å². The van der Waals surface area contributed by atoms with Gasteiger partial charge in [-0.05, 0) is 11.5 Å². The van der Waals surface area contributed by atoms with Crippen molar-refractivity contribution in [3.63, 3.8) is 0 Å². The summed E-state index contributed by atoms with van der Waals surface area (Å²) in [5, 5.41) is 8.44. The van der Waals surface area contributed by atoms with E-state index in [0.29, 0.717) is 0 Å². The van der Waals surface area contributed by atoms with Crippen molar-refractivity contribution in [1.29, 1.82) is 5.26 Å². The van der Waals surface area contributed by atoms with Crippen LogP contribution in [0.4, 0.5) is 22.0 Å². The number of hydrogen-bond donors (Lipinski definition) is 0. The summed E-state index contributed by atoms with van der Waals surface area (Å²) in [5.41, 5.74) is -1.85. The number of methoxy groups -OCH3 is 1. The van der Waals surface area contributed by atoms with Crippen LogP contribution in [-0.2, 0) is 16.1 Å². The van der Waals surface area contributed by atoms with E-state index in [-0.39, 0.29) is 0 Å².